The van der Waals surface area contributed by atoms with Gasteiger partial charge in [-0.2, -0.15) is 0 Å². The monoisotopic (exact) mass is 226 g/mol. The van der Waals surface area contributed by atoms with Crippen LogP contribution in [0.3, 0.4) is 0 Å². The zero-order chi connectivity index (χ0) is 0. The zero-order valence-corrected chi connectivity index (χ0v) is 6.46. The van der Waals surface area contributed by atoms with Gasteiger partial charge in [-0.05, 0) is 0 Å². The molecule has 0 bridgehead atoms. The van der Waals surface area contributed by atoms with Gasteiger partial charge in [0.1, 0.15) is 0 Å². The molecule has 7 heteroatoms. The van der Waals surface area contributed by atoms with Gasteiger partial charge in [0.05, 0.1) is 0 Å². The smallest absolute Gasteiger partial charge is 2.00 e. The van der Waals surface area contributed by atoms with E-state index in [-0.39, 0.29) is 77.2 Å². The maximum absolute atomic E-state index is 0. The maximum Gasteiger partial charge on any atom is 4.00 e. The molecule has 0 saturated carbocycles. The predicted octanol–water partition coefficient (Wildman–Crippen LogP) is -0.483. The van der Waals surface area contributed by atoms with E-state index in [9.17, 15) is 0 Å². The first-order chi connectivity index (χ1) is 0. The second-order valence-corrected chi connectivity index (χ2v) is 0. The van der Waals surface area contributed by atoms with Crippen molar-refractivity contribution in [2.45, 2.75) is 0 Å². The van der Waals surface area contributed by atoms with Crippen LogP contribution in [-0.4, -0.2) is 0 Å². The van der Waals surface area contributed by atoms with Crippen LogP contribution in [0.25, 0.3) is 0 Å². The fourth-order valence-electron chi connectivity index (χ4n) is 0. The molecule has 0 unspecified atom stereocenters. The average molecular weight is 226 g/mol. The Labute approximate surface area is 76.9 Å². The summed E-state index contributed by atoms with van der Waals surface area (Å²) in [5.41, 5.74) is 0. The van der Waals surface area contributed by atoms with Gasteiger partial charge in [0.15, 0.2) is 0 Å². The first kappa shape index (κ1) is 200. The fraction of sp³-hybridized carbons (Fsp3) is 0. The van der Waals surface area contributed by atoms with Crippen LogP contribution in [-0.2, 0) is 77.2 Å². The van der Waals surface area contributed by atoms with Crippen LogP contribution in [0.4, 0.5) is 0 Å². The van der Waals surface area contributed by atoms with Gasteiger partial charge >= 0.3 is 55.3 Å². The first-order valence-electron chi connectivity index (χ1n) is 0. The van der Waals surface area contributed by atoms with Crippen molar-refractivity contribution in [2.75, 3.05) is 0 Å². The van der Waals surface area contributed by atoms with Gasteiger partial charge in [0.25, 0.3) is 0 Å². The SMILES string of the molecule is [Fe+2].[Ni+2].[O-2].[O-2].[O-2].[O-2].[Ti+4]. The Kier molecular flexibility index (Phi) is 3790. The molecule has 0 aromatic carbocycles. The van der Waals surface area contributed by atoms with Crippen LogP contribution in [0.2, 0.25) is 0 Å². The van der Waals surface area contributed by atoms with E-state index in [1.54, 1.807) is 0 Å². The quantitative estimate of drug-likeness (QED) is 0.496. The van der Waals surface area contributed by atoms with E-state index in [0.29, 0.717) is 0 Å². The van der Waals surface area contributed by atoms with Crippen molar-refractivity contribution >= 4 is 0 Å². The van der Waals surface area contributed by atoms with Crippen molar-refractivity contribution in [3.8, 4) is 0 Å². The normalized spacial score (nSPS) is 0. The molecule has 0 heterocycles. The van der Waals surface area contributed by atoms with E-state index in [0.717, 1.165) is 0 Å². The third-order valence-corrected chi connectivity index (χ3v) is 0. The van der Waals surface area contributed by atoms with Crippen LogP contribution >= 0.6 is 0 Å². The van der Waals surface area contributed by atoms with Gasteiger partial charge in [0.2, 0.25) is 0 Å². The number of hydrogen-bond donors (Lipinski definition) is 0. The molecule has 7 heavy (non-hydrogen) atoms. The third-order valence-electron chi connectivity index (χ3n) is 0. The van der Waals surface area contributed by atoms with E-state index in [4.69, 9.17) is 0 Å². The molecule has 0 spiro atoms. The minimum Gasteiger partial charge on any atom is -2.00 e. The van der Waals surface area contributed by atoms with Gasteiger partial charge in [0, 0.05) is 0 Å². The van der Waals surface area contributed by atoms with E-state index >= 15 is 0 Å². The Morgan fingerprint density at radius 2 is 0.571 bits per heavy atom. The second-order valence-electron chi connectivity index (χ2n) is 0. The molecule has 0 radical (unpaired) electrons. The number of rotatable bonds is 0. The predicted molar refractivity (Wildman–Crippen MR) is 2.75 cm³/mol. The summed E-state index contributed by atoms with van der Waals surface area (Å²) in [6, 6.07) is 0. The summed E-state index contributed by atoms with van der Waals surface area (Å²) in [5.74, 6) is 0. The van der Waals surface area contributed by atoms with E-state index in [2.05, 4.69) is 0 Å². The van der Waals surface area contributed by atoms with Crippen LogP contribution in [0.5, 0.6) is 0 Å². The molecule has 0 aliphatic rings. The summed E-state index contributed by atoms with van der Waals surface area (Å²) >= 11 is 0. The average Bonchev–Trinajstić information content (AvgIpc) is 0. The van der Waals surface area contributed by atoms with Gasteiger partial charge < -0.3 is 21.9 Å². The van der Waals surface area contributed by atoms with Gasteiger partial charge in [-0.25, -0.2) is 0 Å². The minimum atomic E-state index is 0. The van der Waals surface area contributed by atoms with Crippen LogP contribution in [0.15, 0.2) is 0 Å². The third kappa shape index (κ3) is 95.5. The van der Waals surface area contributed by atoms with Crippen molar-refractivity contribution < 1.29 is 77.2 Å². The number of hydrogen-bond acceptors (Lipinski definition) is 0. The van der Waals surface area contributed by atoms with Crippen molar-refractivity contribution in [3.05, 3.63) is 0 Å². The van der Waals surface area contributed by atoms with Crippen molar-refractivity contribution in [1.29, 1.82) is 0 Å². The van der Waals surface area contributed by atoms with Gasteiger partial charge in [-0.1, -0.05) is 0 Å². The Bertz CT molecular complexity index is 11.7. The van der Waals surface area contributed by atoms with E-state index in [1.165, 1.54) is 0 Å². The summed E-state index contributed by atoms with van der Waals surface area (Å²) in [7, 11) is 0. The molecule has 0 fully saturated rings. The molecular weight excluding hydrogens is 226 g/mol. The molecule has 0 aromatic heterocycles. The summed E-state index contributed by atoms with van der Waals surface area (Å²) in [4.78, 5) is 0. The van der Waals surface area contributed by atoms with Crippen molar-refractivity contribution in [2.24, 2.45) is 0 Å². The molecule has 0 rings (SSSR count). The Balaban J connectivity index is 0. The molecule has 0 atom stereocenters. The first-order valence-corrected chi connectivity index (χ1v) is 0. The fourth-order valence-corrected chi connectivity index (χ4v) is 0. The summed E-state index contributed by atoms with van der Waals surface area (Å²) in [6.45, 7) is 0. The van der Waals surface area contributed by atoms with Crippen LogP contribution < -0.4 is 0 Å². The molecule has 0 saturated heterocycles. The topological polar surface area (TPSA) is 114 Å². The standard InChI is InChI=1S/Fe.Ni.4O.Ti/q2*+2;4*-2;+4. The molecule has 0 aliphatic heterocycles. The van der Waals surface area contributed by atoms with Crippen molar-refractivity contribution in [1.82, 2.24) is 0 Å². The zero-order valence-electron chi connectivity index (χ0n) is 2.80. The second kappa shape index (κ2) is 133. The molecule has 4 nitrogen and oxygen atoms in total. The minimum absolute atomic E-state index is 0. The van der Waals surface area contributed by atoms with Crippen molar-refractivity contribution in [3.63, 3.8) is 0 Å². The van der Waals surface area contributed by atoms with E-state index < -0.39 is 0 Å². The molecule has 46 valence electrons. The largest absolute Gasteiger partial charge is 4.00 e. The molecule has 0 aromatic rings. The van der Waals surface area contributed by atoms with Crippen LogP contribution in [0.1, 0.15) is 0 Å². The Morgan fingerprint density at radius 1 is 0.571 bits per heavy atom. The molecule has 0 N–H and O–H groups in total. The van der Waals surface area contributed by atoms with E-state index in [1.807, 2.05) is 0 Å². The van der Waals surface area contributed by atoms with Gasteiger partial charge in [-0.3, -0.25) is 0 Å². The summed E-state index contributed by atoms with van der Waals surface area (Å²) in [5, 5.41) is 0. The molecular formula is FeNiO4Ti. The Hall–Kier alpha value is 1.57. The summed E-state index contributed by atoms with van der Waals surface area (Å²) < 4.78 is 0. The maximum atomic E-state index is 0. The summed E-state index contributed by atoms with van der Waals surface area (Å²) in [6.07, 6.45) is 0. The molecule has 0 amide bonds. The van der Waals surface area contributed by atoms with Gasteiger partial charge in [-0.15, -0.1) is 0 Å². The molecule has 0 aliphatic carbocycles. The van der Waals surface area contributed by atoms with Crippen LogP contribution in [0, 0.1) is 0 Å². The Morgan fingerprint density at radius 3 is 0.571 bits per heavy atom.